The van der Waals surface area contributed by atoms with Crippen molar-refractivity contribution >= 4 is 23.2 Å². The zero-order chi connectivity index (χ0) is 13.7. The molecule has 0 aliphatic carbocycles. The maximum Gasteiger partial charge on any atom is 0.0512 e. The van der Waals surface area contributed by atoms with Crippen LogP contribution in [-0.4, -0.2) is 25.8 Å². The summed E-state index contributed by atoms with van der Waals surface area (Å²) < 4.78 is 5.62. The highest BCUT2D eigenvalue weighted by atomic mass is 35.5. The summed E-state index contributed by atoms with van der Waals surface area (Å²) >= 11 is 12.3. The maximum absolute atomic E-state index is 6.25. The van der Waals surface area contributed by atoms with E-state index in [-0.39, 0.29) is 0 Å². The minimum absolute atomic E-state index is 0.469. The fourth-order valence-corrected chi connectivity index (χ4v) is 2.97. The van der Waals surface area contributed by atoms with Crippen LogP contribution in [0.5, 0.6) is 0 Å². The van der Waals surface area contributed by atoms with Crippen LogP contribution in [0.25, 0.3) is 0 Å². The molecule has 2 rings (SSSR count). The molecule has 1 aliphatic heterocycles. The Morgan fingerprint density at radius 1 is 1.37 bits per heavy atom. The molecule has 4 heteroatoms. The Bertz CT molecular complexity index is 411. The second-order valence-corrected chi connectivity index (χ2v) is 5.97. The van der Waals surface area contributed by atoms with Gasteiger partial charge in [-0.3, -0.25) is 0 Å². The fraction of sp³-hybridized carbons (Fsp3) is 0.600. The Balaban J connectivity index is 2.04. The standard InChI is InChI=1S/C15H21Cl2NO/c1-2-6-18-15-5-7-19-10-12(15)8-11-9-13(16)3-4-14(11)17/h3-4,9,12,15,18H,2,5-8,10H2,1H3. The maximum atomic E-state index is 6.25. The van der Waals surface area contributed by atoms with Crippen LogP contribution in [0, 0.1) is 5.92 Å². The van der Waals surface area contributed by atoms with E-state index in [0.29, 0.717) is 12.0 Å². The quantitative estimate of drug-likeness (QED) is 0.889. The monoisotopic (exact) mass is 301 g/mol. The van der Waals surface area contributed by atoms with Gasteiger partial charge in [-0.1, -0.05) is 30.1 Å². The van der Waals surface area contributed by atoms with E-state index in [9.17, 15) is 0 Å². The van der Waals surface area contributed by atoms with Crippen LogP contribution in [-0.2, 0) is 11.2 Å². The molecule has 0 radical (unpaired) electrons. The third kappa shape index (κ3) is 4.35. The molecule has 106 valence electrons. The van der Waals surface area contributed by atoms with Gasteiger partial charge in [-0.15, -0.1) is 0 Å². The van der Waals surface area contributed by atoms with Crippen molar-refractivity contribution in [3.63, 3.8) is 0 Å². The topological polar surface area (TPSA) is 21.3 Å². The molecule has 0 amide bonds. The van der Waals surface area contributed by atoms with Gasteiger partial charge >= 0.3 is 0 Å². The zero-order valence-electron chi connectivity index (χ0n) is 11.3. The number of hydrogen-bond donors (Lipinski definition) is 1. The first-order valence-corrected chi connectivity index (χ1v) is 7.71. The van der Waals surface area contributed by atoms with Gasteiger partial charge in [0.2, 0.25) is 0 Å². The van der Waals surface area contributed by atoms with Gasteiger partial charge in [0.1, 0.15) is 0 Å². The number of nitrogens with one attached hydrogen (secondary N) is 1. The molecule has 2 atom stereocenters. The number of halogens is 2. The third-order valence-corrected chi connectivity index (χ3v) is 4.22. The van der Waals surface area contributed by atoms with Gasteiger partial charge in [0, 0.05) is 28.6 Å². The first-order valence-electron chi connectivity index (χ1n) is 6.95. The van der Waals surface area contributed by atoms with Crippen molar-refractivity contribution < 1.29 is 4.74 Å². The minimum Gasteiger partial charge on any atom is -0.381 e. The highest BCUT2D eigenvalue weighted by Crippen LogP contribution is 2.26. The first kappa shape index (κ1) is 15.1. The van der Waals surface area contributed by atoms with Gasteiger partial charge in [0.25, 0.3) is 0 Å². The zero-order valence-corrected chi connectivity index (χ0v) is 12.8. The van der Waals surface area contributed by atoms with Gasteiger partial charge in [-0.2, -0.15) is 0 Å². The van der Waals surface area contributed by atoms with E-state index < -0.39 is 0 Å². The van der Waals surface area contributed by atoms with Gasteiger partial charge in [-0.25, -0.2) is 0 Å². The van der Waals surface area contributed by atoms with Gasteiger partial charge in [0.15, 0.2) is 0 Å². The van der Waals surface area contributed by atoms with E-state index >= 15 is 0 Å². The van der Waals surface area contributed by atoms with E-state index in [1.54, 1.807) is 0 Å². The van der Waals surface area contributed by atoms with Crippen LogP contribution in [0.15, 0.2) is 18.2 Å². The first-order chi connectivity index (χ1) is 9.20. The summed E-state index contributed by atoms with van der Waals surface area (Å²) in [5.41, 5.74) is 1.12. The molecular weight excluding hydrogens is 281 g/mol. The summed E-state index contributed by atoms with van der Waals surface area (Å²) in [5, 5.41) is 5.16. The molecule has 1 N–H and O–H groups in total. The van der Waals surface area contributed by atoms with Gasteiger partial charge in [-0.05, 0) is 49.6 Å². The summed E-state index contributed by atoms with van der Waals surface area (Å²) in [7, 11) is 0. The smallest absolute Gasteiger partial charge is 0.0512 e. The Hall–Kier alpha value is -0.280. The van der Waals surface area contributed by atoms with Crippen LogP contribution < -0.4 is 5.32 Å². The van der Waals surface area contributed by atoms with E-state index in [1.165, 1.54) is 0 Å². The number of rotatable bonds is 5. The van der Waals surface area contributed by atoms with Crippen molar-refractivity contribution in [3.05, 3.63) is 33.8 Å². The Labute approximate surface area is 125 Å². The van der Waals surface area contributed by atoms with Crippen LogP contribution in [0.4, 0.5) is 0 Å². The van der Waals surface area contributed by atoms with E-state index in [4.69, 9.17) is 27.9 Å². The largest absolute Gasteiger partial charge is 0.381 e. The van der Waals surface area contributed by atoms with E-state index in [0.717, 1.165) is 54.6 Å². The summed E-state index contributed by atoms with van der Waals surface area (Å²) in [6, 6.07) is 6.19. The third-order valence-electron chi connectivity index (χ3n) is 3.62. The molecule has 0 saturated carbocycles. The van der Waals surface area contributed by atoms with Crippen molar-refractivity contribution in [2.24, 2.45) is 5.92 Å². The molecule has 0 bridgehead atoms. The summed E-state index contributed by atoms with van der Waals surface area (Å²) in [5.74, 6) is 0.469. The SMILES string of the molecule is CCCNC1CCOCC1Cc1cc(Cl)ccc1Cl. The van der Waals surface area contributed by atoms with Crippen LogP contribution >= 0.6 is 23.2 Å². The predicted molar refractivity (Wildman–Crippen MR) is 81.2 cm³/mol. The Morgan fingerprint density at radius 2 is 2.21 bits per heavy atom. The van der Waals surface area contributed by atoms with Gasteiger partial charge in [0.05, 0.1) is 6.61 Å². The van der Waals surface area contributed by atoms with Crippen LogP contribution in [0.1, 0.15) is 25.3 Å². The molecule has 1 fully saturated rings. The molecule has 1 aromatic rings. The highest BCUT2D eigenvalue weighted by Gasteiger charge is 2.25. The summed E-state index contributed by atoms with van der Waals surface area (Å²) in [4.78, 5) is 0. The molecule has 2 nitrogen and oxygen atoms in total. The van der Waals surface area contributed by atoms with E-state index in [2.05, 4.69) is 12.2 Å². The number of hydrogen-bond acceptors (Lipinski definition) is 2. The van der Waals surface area contributed by atoms with Crippen LogP contribution in [0.2, 0.25) is 10.0 Å². The van der Waals surface area contributed by atoms with Gasteiger partial charge < -0.3 is 10.1 Å². The number of benzene rings is 1. The Morgan fingerprint density at radius 3 is 3.00 bits per heavy atom. The highest BCUT2D eigenvalue weighted by molar-refractivity contribution is 6.33. The predicted octanol–water partition coefficient (Wildman–Crippen LogP) is 3.94. The van der Waals surface area contributed by atoms with Crippen molar-refractivity contribution in [1.82, 2.24) is 5.32 Å². The van der Waals surface area contributed by atoms with Crippen molar-refractivity contribution in [2.75, 3.05) is 19.8 Å². The van der Waals surface area contributed by atoms with Crippen molar-refractivity contribution in [2.45, 2.75) is 32.2 Å². The molecule has 1 aliphatic rings. The average Bonchev–Trinajstić information content (AvgIpc) is 2.42. The second-order valence-electron chi connectivity index (χ2n) is 5.12. The lowest BCUT2D eigenvalue weighted by Crippen LogP contribution is -2.44. The molecular formula is C15H21Cl2NO. The molecule has 2 unspecified atom stereocenters. The van der Waals surface area contributed by atoms with E-state index in [1.807, 2.05) is 18.2 Å². The molecule has 1 aromatic carbocycles. The van der Waals surface area contributed by atoms with Crippen LogP contribution in [0.3, 0.4) is 0 Å². The normalized spacial score (nSPS) is 23.5. The summed E-state index contributed by atoms with van der Waals surface area (Å²) in [6.07, 6.45) is 3.14. The Kier molecular flexibility index (Phi) is 5.96. The molecule has 0 spiro atoms. The molecule has 0 aromatic heterocycles. The molecule has 1 heterocycles. The molecule has 19 heavy (non-hydrogen) atoms. The molecule has 1 saturated heterocycles. The second kappa shape index (κ2) is 7.49. The lowest BCUT2D eigenvalue weighted by Gasteiger charge is -2.32. The number of ether oxygens (including phenoxy) is 1. The minimum atomic E-state index is 0.469. The average molecular weight is 302 g/mol. The lowest BCUT2D eigenvalue weighted by atomic mass is 9.89. The lowest BCUT2D eigenvalue weighted by molar-refractivity contribution is 0.0323. The fourth-order valence-electron chi connectivity index (χ4n) is 2.58. The van der Waals surface area contributed by atoms with Crippen molar-refractivity contribution in [1.29, 1.82) is 0 Å². The summed E-state index contributed by atoms with van der Waals surface area (Å²) in [6.45, 7) is 4.89. The van der Waals surface area contributed by atoms with Crippen molar-refractivity contribution in [3.8, 4) is 0 Å².